The van der Waals surface area contributed by atoms with Crippen LogP contribution in [0.1, 0.15) is 42.5 Å². The Balaban J connectivity index is 1.54. The minimum absolute atomic E-state index is 0.186. The largest absolute Gasteiger partial charge is 0.434 e. The van der Waals surface area contributed by atoms with Crippen LogP contribution in [0.5, 0.6) is 0 Å². The highest BCUT2D eigenvalue weighted by atomic mass is 32.2. The lowest BCUT2D eigenvalue weighted by Gasteiger charge is -2.19. The number of pyridine rings is 1. The van der Waals surface area contributed by atoms with E-state index in [4.69, 9.17) is 4.42 Å². The summed E-state index contributed by atoms with van der Waals surface area (Å²) in [4.78, 5) is 23.5. The van der Waals surface area contributed by atoms with Gasteiger partial charge in [0.2, 0.25) is 0 Å². The minimum atomic E-state index is -0.382. The summed E-state index contributed by atoms with van der Waals surface area (Å²) in [7, 11) is 2.04. The molecule has 2 aromatic heterocycles. The molecule has 0 spiro atoms. The van der Waals surface area contributed by atoms with Gasteiger partial charge in [-0.25, -0.2) is 14.8 Å². The Morgan fingerprint density at radius 1 is 1.34 bits per heavy atom. The zero-order valence-electron chi connectivity index (χ0n) is 18.2. The summed E-state index contributed by atoms with van der Waals surface area (Å²) in [6, 6.07) is 11.1. The fraction of sp³-hybridized carbons (Fsp3) is 0.304. The van der Waals surface area contributed by atoms with Crippen LogP contribution in [-0.4, -0.2) is 34.5 Å². The number of hydrogen-bond acceptors (Lipinski definition) is 7. The van der Waals surface area contributed by atoms with Crippen LogP contribution in [0.25, 0.3) is 11.1 Å². The van der Waals surface area contributed by atoms with Crippen LogP contribution in [0, 0.1) is 11.3 Å². The highest BCUT2D eigenvalue weighted by molar-refractivity contribution is 7.97. The summed E-state index contributed by atoms with van der Waals surface area (Å²) in [6.45, 7) is 5.79. The fourth-order valence-electron chi connectivity index (χ4n) is 3.66. The summed E-state index contributed by atoms with van der Waals surface area (Å²) in [5.41, 5.74) is 4.60. The third-order valence-corrected chi connectivity index (χ3v) is 5.91. The number of carbonyl (C=O) groups excluding carboxylic acids is 1. The van der Waals surface area contributed by atoms with Gasteiger partial charge in [0, 0.05) is 36.7 Å². The first-order valence-electron chi connectivity index (χ1n) is 10.3. The number of aromatic nitrogens is 2. The average Bonchev–Trinajstić information content (AvgIpc) is 3.19. The van der Waals surface area contributed by atoms with Gasteiger partial charge in [-0.3, -0.25) is 9.62 Å². The monoisotopic (exact) mass is 448 g/mol. The molecular formula is C23H24N6O2S. The van der Waals surface area contributed by atoms with E-state index in [1.54, 1.807) is 12.3 Å². The summed E-state index contributed by atoms with van der Waals surface area (Å²) < 4.78 is 8.56. The number of fused-ring (bicyclic) bond motifs is 1. The molecule has 0 saturated carbocycles. The van der Waals surface area contributed by atoms with Crippen molar-refractivity contribution in [3.63, 3.8) is 0 Å². The maximum atomic E-state index is 12.8. The molecule has 2 N–H and O–H groups in total. The van der Waals surface area contributed by atoms with E-state index < -0.39 is 0 Å². The van der Waals surface area contributed by atoms with Gasteiger partial charge >= 0.3 is 6.03 Å². The van der Waals surface area contributed by atoms with E-state index in [0.29, 0.717) is 16.6 Å². The standard InChI is InChI=1S/C23H24N6O2S/c1-14(2)17-5-4-6-18(15-7-9-25-16(11-15)12-24)21(17)27-22(30)28-32-23-26-19-8-10-29(3)13-20(19)31-23/h4-7,9,11,14H,8,10,13H2,1-3H3,(H2,27,28,30). The number of rotatable bonds is 5. The molecule has 4 rings (SSSR count). The molecule has 164 valence electrons. The Hall–Kier alpha value is -3.35. The second-order valence-electron chi connectivity index (χ2n) is 7.96. The van der Waals surface area contributed by atoms with Crippen molar-refractivity contribution in [1.82, 2.24) is 19.6 Å². The van der Waals surface area contributed by atoms with Crippen molar-refractivity contribution in [2.24, 2.45) is 0 Å². The van der Waals surface area contributed by atoms with Gasteiger partial charge in [-0.15, -0.1) is 0 Å². The molecule has 8 nitrogen and oxygen atoms in total. The zero-order chi connectivity index (χ0) is 22.7. The van der Waals surface area contributed by atoms with E-state index in [9.17, 15) is 10.1 Å². The van der Waals surface area contributed by atoms with Crippen molar-refractivity contribution in [3.8, 4) is 17.2 Å². The number of amides is 2. The number of anilines is 1. The van der Waals surface area contributed by atoms with Gasteiger partial charge in [0.05, 0.1) is 17.9 Å². The number of hydrogen-bond donors (Lipinski definition) is 2. The second kappa shape index (κ2) is 9.42. The number of nitrogens with one attached hydrogen (secondary N) is 2. The van der Waals surface area contributed by atoms with E-state index in [0.717, 1.165) is 59.6 Å². The highest BCUT2D eigenvalue weighted by Gasteiger charge is 2.21. The number of nitriles is 1. The van der Waals surface area contributed by atoms with Gasteiger partial charge in [-0.2, -0.15) is 5.26 Å². The number of carbonyl (C=O) groups is 1. The molecule has 3 heterocycles. The third-order valence-electron chi connectivity index (χ3n) is 5.28. The van der Waals surface area contributed by atoms with Gasteiger partial charge in [0.15, 0.2) is 0 Å². The van der Waals surface area contributed by atoms with Crippen molar-refractivity contribution in [2.45, 2.75) is 38.0 Å². The Kier molecular flexibility index (Phi) is 6.44. The topological polar surface area (TPSA) is 107 Å². The van der Waals surface area contributed by atoms with Crippen LogP contribution in [0.2, 0.25) is 0 Å². The molecule has 0 unspecified atom stereocenters. The molecule has 1 aliphatic heterocycles. The molecule has 1 aliphatic rings. The molecule has 1 aromatic carbocycles. The number of oxazole rings is 1. The molecule has 0 bridgehead atoms. The molecule has 2 amide bonds. The molecule has 3 aromatic rings. The van der Waals surface area contributed by atoms with E-state index >= 15 is 0 Å². The van der Waals surface area contributed by atoms with Crippen molar-refractivity contribution in [2.75, 3.05) is 18.9 Å². The number of nitrogens with zero attached hydrogens (tertiary/aromatic N) is 4. The molecule has 0 fully saturated rings. The van der Waals surface area contributed by atoms with Gasteiger partial charge < -0.3 is 9.73 Å². The van der Waals surface area contributed by atoms with Crippen LogP contribution < -0.4 is 10.0 Å². The van der Waals surface area contributed by atoms with Gasteiger partial charge in [-0.05, 0) is 36.2 Å². The quantitative estimate of drug-likeness (QED) is 0.552. The Morgan fingerprint density at radius 3 is 2.97 bits per heavy atom. The van der Waals surface area contributed by atoms with Crippen LogP contribution in [0.3, 0.4) is 0 Å². The SMILES string of the molecule is CC(C)c1cccc(-c2ccnc(C#N)c2)c1NC(=O)NSc1nc2c(o1)CN(C)CC2. The van der Waals surface area contributed by atoms with Crippen LogP contribution >= 0.6 is 11.9 Å². The van der Waals surface area contributed by atoms with E-state index in [1.165, 1.54) is 0 Å². The fourth-order valence-corrected chi connectivity index (χ4v) is 4.19. The lowest BCUT2D eigenvalue weighted by molar-refractivity contribution is 0.256. The first-order chi connectivity index (χ1) is 15.4. The summed E-state index contributed by atoms with van der Waals surface area (Å²) in [6.07, 6.45) is 2.43. The maximum absolute atomic E-state index is 12.8. The Bertz CT molecular complexity index is 1180. The highest BCUT2D eigenvalue weighted by Crippen LogP contribution is 2.35. The molecule has 0 saturated heterocycles. The average molecular weight is 449 g/mol. The summed E-state index contributed by atoms with van der Waals surface area (Å²) in [5, 5.41) is 12.6. The van der Waals surface area contributed by atoms with Gasteiger partial charge in [-0.1, -0.05) is 32.0 Å². The van der Waals surface area contributed by atoms with E-state index in [2.05, 4.69) is 44.8 Å². The van der Waals surface area contributed by atoms with Crippen molar-refractivity contribution >= 4 is 23.7 Å². The van der Waals surface area contributed by atoms with Gasteiger partial charge in [0.1, 0.15) is 17.5 Å². The zero-order valence-corrected chi connectivity index (χ0v) is 19.0. The third kappa shape index (κ3) is 4.77. The molecule has 32 heavy (non-hydrogen) atoms. The smallest absolute Gasteiger partial charge is 0.329 e. The van der Waals surface area contributed by atoms with Crippen molar-refractivity contribution in [1.29, 1.82) is 5.26 Å². The predicted octanol–water partition coefficient (Wildman–Crippen LogP) is 4.55. The lowest BCUT2D eigenvalue weighted by Crippen LogP contribution is -2.25. The van der Waals surface area contributed by atoms with Crippen LogP contribution in [0.15, 0.2) is 46.2 Å². The minimum Gasteiger partial charge on any atom is -0.434 e. The summed E-state index contributed by atoms with van der Waals surface area (Å²) >= 11 is 1.05. The van der Waals surface area contributed by atoms with Crippen LogP contribution in [0.4, 0.5) is 10.5 Å². The molecular weight excluding hydrogens is 424 g/mol. The molecule has 0 aliphatic carbocycles. The summed E-state index contributed by atoms with van der Waals surface area (Å²) in [5.74, 6) is 1.03. The first-order valence-corrected chi connectivity index (χ1v) is 11.2. The number of likely N-dealkylation sites (N-methyl/N-ethyl adjacent to an activating group) is 1. The number of benzene rings is 1. The van der Waals surface area contributed by atoms with E-state index in [-0.39, 0.29) is 11.9 Å². The van der Waals surface area contributed by atoms with E-state index in [1.807, 2.05) is 31.3 Å². The van der Waals surface area contributed by atoms with Crippen molar-refractivity contribution < 1.29 is 9.21 Å². The van der Waals surface area contributed by atoms with Gasteiger partial charge in [0.25, 0.3) is 5.22 Å². The van der Waals surface area contributed by atoms with Crippen molar-refractivity contribution in [3.05, 3.63) is 59.2 Å². The molecule has 0 radical (unpaired) electrons. The normalized spacial score (nSPS) is 13.5. The lowest BCUT2D eigenvalue weighted by atomic mass is 9.94. The second-order valence-corrected chi connectivity index (χ2v) is 8.72. The molecule has 0 atom stereocenters. The molecule has 9 heteroatoms. The first kappa shape index (κ1) is 21.9. The maximum Gasteiger partial charge on any atom is 0.329 e. The number of urea groups is 1. The Labute approximate surface area is 191 Å². The van der Waals surface area contributed by atoms with Crippen LogP contribution in [-0.2, 0) is 13.0 Å². The number of para-hydroxylation sites is 1. The Morgan fingerprint density at radius 2 is 2.19 bits per heavy atom. The predicted molar refractivity (Wildman–Crippen MR) is 123 cm³/mol.